The summed E-state index contributed by atoms with van der Waals surface area (Å²) < 4.78 is 12.5. The highest BCUT2D eigenvalue weighted by atomic mass is 16.5. The molecule has 2 N–H and O–H groups in total. The molecule has 0 radical (unpaired) electrons. The van der Waals surface area contributed by atoms with E-state index in [2.05, 4.69) is 32.6 Å². The summed E-state index contributed by atoms with van der Waals surface area (Å²) in [5.74, 6) is 0.689. The summed E-state index contributed by atoms with van der Waals surface area (Å²) in [6.45, 7) is 11.5. The van der Waals surface area contributed by atoms with Gasteiger partial charge in [0.2, 0.25) is 11.8 Å². The number of carbonyl (C=O) groups excluding carboxylic acids is 2. The summed E-state index contributed by atoms with van der Waals surface area (Å²) in [4.78, 5) is 43.1. The standard InChI is InChI=1S/C36H45N7O4/c1-4-42-23-36(2,3)47-32-30(33(42)44)31(39-34(40-32)43-21-28-16-17-29(22-43)46-28)25-10-14-27(15-11-25)38-35(45)37-26-12-8-24(9-13-26)20-41-18-6-5-7-19-41/h8-15,28-29H,4-7,16-23H2,1-3H3,(H2,37,38,45). The quantitative estimate of drug-likeness (QED) is 0.335. The topological polar surface area (TPSA) is 112 Å². The lowest BCUT2D eigenvalue weighted by atomic mass is 10.0. The number of anilines is 3. The minimum atomic E-state index is -0.626. The number of nitrogens with zero attached hydrogens (tertiary/aromatic N) is 5. The number of urea groups is 1. The summed E-state index contributed by atoms with van der Waals surface area (Å²) in [5, 5.41) is 5.85. The zero-order valence-corrected chi connectivity index (χ0v) is 27.6. The van der Waals surface area contributed by atoms with Gasteiger partial charge in [-0.2, -0.15) is 4.98 Å². The maximum atomic E-state index is 13.9. The molecule has 4 aliphatic heterocycles. The fourth-order valence-electron chi connectivity index (χ4n) is 7.14. The molecule has 2 bridgehead atoms. The largest absolute Gasteiger partial charge is 0.469 e. The molecule has 3 aromatic rings. The van der Waals surface area contributed by atoms with E-state index in [1.54, 1.807) is 4.90 Å². The van der Waals surface area contributed by atoms with Crippen LogP contribution in [0.4, 0.5) is 22.1 Å². The van der Waals surface area contributed by atoms with E-state index in [4.69, 9.17) is 19.4 Å². The maximum absolute atomic E-state index is 13.9. The van der Waals surface area contributed by atoms with Crippen molar-refractivity contribution in [1.82, 2.24) is 19.8 Å². The van der Waals surface area contributed by atoms with Crippen LogP contribution in [0.5, 0.6) is 5.88 Å². The normalized spacial score (nSPS) is 22.3. The molecule has 2 atom stereocenters. The fourth-order valence-corrected chi connectivity index (χ4v) is 7.14. The van der Waals surface area contributed by atoms with Gasteiger partial charge in [-0.1, -0.05) is 30.7 Å². The van der Waals surface area contributed by atoms with Crippen molar-refractivity contribution in [2.75, 3.05) is 54.8 Å². The number of hydrogen-bond donors (Lipinski definition) is 2. The third-order valence-corrected chi connectivity index (χ3v) is 9.50. The molecule has 3 amide bonds. The predicted molar refractivity (Wildman–Crippen MR) is 182 cm³/mol. The van der Waals surface area contributed by atoms with Crippen molar-refractivity contribution in [1.29, 1.82) is 0 Å². The first-order valence-electron chi connectivity index (χ1n) is 17.0. The van der Waals surface area contributed by atoms with Crippen LogP contribution in [0.25, 0.3) is 11.3 Å². The predicted octanol–water partition coefficient (Wildman–Crippen LogP) is 5.77. The average molecular weight is 640 g/mol. The summed E-state index contributed by atoms with van der Waals surface area (Å²) in [7, 11) is 0. The van der Waals surface area contributed by atoms with Gasteiger partial charge in [-0.25, -0.2) is 9.78 Å². The number of benzene rings is 2. The van der Waals surface area contributed by atoms with Crippen LogP contribution >= 0.6 is 0 Å². The number of piperidine rings is 1. The second-order valence-corrected chi connectivity index (χ2v) is 13.8. The van der Waals surface area contributed by atoms with Gasteiger partial charge < -0.3 is 29.9 Å². The minimum absolute atomic E-state index is 0.153. The molecule has 0 saturated carbocycles. The molecule has 3 saturated heterocycles. The Balaban J connectivity index is 1.10. The molecule has 47 heavy (non-hydrogen) atoms. The van der Waals surface area contributed by atoms with Gasteiger partial charge in [0.15, 0.2) is 0 Å². The molecule has 3 fully saturated rings. The number of rotatable bonds is 7. The molecular weight excluding hydrogens is 594 g/mol. The first-order chi connectivity index (χ1) is 22.7. The van der Waals surface area contributed by atoms with Gasteiger partial charge in [0, 0.05) is 43.1 Å². The number of carbonyl (C=O) groups is 2. The Kier molecular flexibility index (Phi) is 8.76. The minimum Gasteiger partial charge on any atom is -0.469 e. The molecule has 11 heteroatoms. The van der Waals surface area contributed by atoms with Gasteiger partial charge in [0.25, 0.3) is 5.91 Å². The first kappa shape index (κ1) is 31.4. The Bertz CT molecular complexity index is 1590. The SMILES string of the molecule is CCN1CC(C)(C)Oc2nc(N3CC4CCC(C3)O4)nc(-c3ccc(NC(=O)Nc4ccc(CN5CCCCC5)cc4)cc3)c2C1=O. The zero-order chi connectivity index (χ0) is 32.5. The van der Waals surface area contributed by atoms with Crippen LogP contribution in [0, 0.1) is 0 Å². The van der Waals surface area contributed by atoms with Gasteiger partial charge in [0.1, 0.15) is 11.2 Å². The van der Waals surface area contributed by atoms with Crippen molar-refractivity contribution < 1.29 is 19.1 Å². The summed E-state index contributed by atoms with van der Waals surface area (Å²) in [6.07, 6.45) is 6.21. The maximum Gasteiger partial charge on any atom is 0.323 e. The van der Waals surface area contributed by atoms with Crippen LogP contribution in [0.2, 0.25) is 0 Å². The number of likely N-dealkylation sites (tertiary alicyclic amines) is 1. The molecule has 5 heterocycles. The Morgan fingerprint density at radius 2 is 1.55 bits per heavy atom. The zero-order valence-electron chi connectivity index (χ0n) is 27.6. The molecule has 0 spiro atoms. The Morgan fingerprint density at radius 1 is 0.915 bits per heavy atom. The van der Waals surface area contributed by atoms with Crippen molar-refractivity contribution in [2.24, 2.45) is 0 Å². The van der Waals surface area contributed by atoms with Crippen LogP contribution in [-0.2, 0) is 11.3 Å². The number of aromatic nitrogens is 2. The number of hydrogen-bond acceptors (Lipinski definition) is 8. The van der Waals surface area contributed by atoms with Gasteiger partial charge in [-0.05, 0) is 89.4 Å². The van der Waals surface area contributed by atoms with E-state index >= 15 is 0 Å². The first-order valence-corrected chi connectivity index (χ1v) is 17.0. The van der Waals surface area contributed by atoms with E-state index < -0.39 is 5.60 Å². The van der Waals surface area contributed by atoms with Crippen LogP contribution in [0.3, 0.4) is 0 Å². The van der Waals surface area contributed by atoms with Crippen molar-refractivity contribution >= 4 is 29.3 Å². The molecule has 0 aliphatic carbocycles. The second kappa shape index (κ2) is 13.1. The number of amides is 3. The van der Waals surface area contributed by atoms with Crippen LogP contribution in [0.1, 0.15) is 68.8 Å². The van der Waals surface area contributed by atoms with Crippen molar-refractivity contribution in [3.8, 4) is 17.1 Å². The molecule has 2 aromatic carbocycles. The van der Waals surface area contributed by atoms with Crippen molar-refractivity contribution in [3.63, 3.8) is 0 Å². The lowest BCUT2D eigenvalue weighted by Gasteiger charge is -2.33. The molecule has 7 rings (SSSR count). The monoisotopic (exact) mass is 639 g/mol. The fraction of sp³-hybridized carbons (Fsp3) is 0.500. The number of fused-ring (bicyclic) bond motifs is 3. The number of morpholine rings is 1. The van der Waals surface area contributed by atoms with E-state index in [9.17, 15) is 9.59 Å². The Hall–Kier alpha value is -4.22. The van der Waals surface area contributed by atoms with Crippen LogP contribution in [-0.4, -0.2) is 88.8 Å². The average Bonchev–Trinajstić information content (AvgIpc) is 3.36. The van der Waals surface area contributed by atoms with Gasteiger partial charge in [0.05, 0.1) is 24.4 Å². The highest BCUT2D eigenvalue weighted by Crippen LogP contribution is 2.37. The lowest BCUT2D eigenvalue weighted by molar-refractivity contribution is 0.0297. The van der Waals surface area contributed by atoms with E-state index in [1.165, 1.54) is 24.8 Å². The van der Waals surface area contributed by atoms with Gasteiger partial charge in [-0.15, -0.1) is 0 Å². The molecular formula is C36H45N7O4. The number of likely N-dealkylation sites (N-methyl/N-ethyl adjacent to an activating group) is 1. The van der Waals surface area contributed by atoms with E-state index in [0.29, 0.717) is 55.0 Å². The van der Waals surface area contributed by atoms with E-state index in [0.717, 1.165) is 43.7 Å². The van der Waals surface area contributed by atoms with Crippen LogP contribution < -0.4 is 20.3 Å². The Labute approximate surface area is 276 Å². The van der Waals surface area contributed by atoms with Crippen molar-refractivity contribution in [3.05, 3.63) is 59.7 Å². The molecule has 4 aliphatic rings. The number of nitrogens with one attached hydrogen (secondary N) is 2. The van der Waals surface area contributed by atoms with Gasteiger partial charge in [-0.3, -0.25) is 9.69 Å². The second-order valence-electron chi connectivity index (χ2n) is 13.8. The molecule has 2 unspecified atom stereocenters. The number of ether oxygens (including phenoxy) is 2. The highest BCUT2D eigenvalue weighted by Gasteiger charge is 2.39. The summed E-state index contributed by atoms with van der Waals surface area (Å²) >= 11 is 0. The third kappa shape index (κ3) is 7.06. The third-order valence-electron chi connectivity index (χ3n) is 9.50. The van der Waals surface area contributed by atoms with Gasteiger partial charge >= 0.3 is 6.03 Å². The molecule has 248 valence electrons. The van der Waals surface area contributed by atoms with E-state index in [1.807, 2.05) is 57.2 Å². The van der Waals surface area contributed by atoms with Crippen LogP contribution in [0.15, 0.2) is 48.5 Å². The lowest BCUT2D eigenvalue weighted by Crippen LogP contribution is -2.43. The summed E-state index contributed by atoms with van der Waals surface area (Å²) in [6, 6.07) is 15.1. The van der Waals surface area contributed by atoms with E-state index in [-0.39, 0.29) is 24.1 Å². The summed E-state index contributed by atoms with van der Waals surface area (Å²) in [5.41, 5.74) is 3.59. The highest BCUT2D eigenvalue weighted by molar-refractivity contribution is 6.03. The molecule has 1 aromatic heterocycles. The van der Waals surface area contributed by atoms with Crippen molar-refractivity contribution in [2.45, 2.75) is 77.2 Å². The Morgan fingerprint density at radius 3 is 2.19 bits per heavy atom. The smallest absolute Gasteiger partial charge is 0.323 e. The molecule has 11 nitrogen and oxygen atoms in total.